The first kappa shape index (κ1) is 12.9. The number of hydrogen-bond acceptors (Lipinski definition) is 3. The summed E-state index contributed by atoms with van der Waals surface area (Å²) < 4.78 is 6.73. The first-order valence-corrected chi connectivity index (χ1v) is 6.42. The number of halogens is 1. The van der Waals surface area contributed by atoms with Gasteiger partial charge in [0.15, 0.2) is 0 Å². The normalized spacial score (nSPS) is 10.1. The van der Waals surface area contributed by atoms with Gasteiger partial charge in [0.2, 0.25) is 0 Å². The van der Waals surface area contributed by atoms with Crippen molar-refractivity contribution in [3.05, 3.63) is 63.2 Å². The average molecular weight is 353 g/mol. The third-order valence-electron chi connectivity index (χ3n) is 2.41. The second kappa shape index (κ2) is 5.86. The smallest absolute Gasteiger partial charge is 0.119 e. The molecule has 0 N–H and O–H groups in total. The van der Waals surface area contributed by atoms with E-state index in [2.05, 4.69) is 22.6 Å². The highest BCUT2D eigenvalue weighted by Gasteiger charge is 1.97. The number of carboxylic acid groups (broad SMARTS) is 1. The standard InChI is InChI=1S/C14H11IO3/c15-12-5-1-10(2-6-12)9-18-13-7-3-11(4-8-13)14(16)17/h1-8H,9H2,(H,16,17)/p-1. The van der Waals surface area contributed by atoms with Gasteiger partial charge in [-0.2, -0.15) is 0 Å². The molecule has 0 aliphatic carbocycles. The summed E-state index contributed by atoms with van der Waals surface area (Å²) in [6.45, 7) is 0.460. The van der Waals surface area contributed by atoms with E-state index < -0.39 is 5.97 Å². The van der Waals surface area contributed by atoms with E-state index in [1.807, 2.05) is 24.3 Å². The molecule has 0 aliphatic heterocycles. The molecule has 0 fully saturated rings. The quantitative estimate of drug-likeness (QED) is 0.793. The van der Waals surface area contributed by atoms with Gasteiger partial charge in [0.05, 0.1) is 5.97 Å². The summed E-state index contributed by atoms with van der Waals surface area (Å²) in [5.41, 5.74) is 1.22. The molecule has 2 aromatic rings. The molecule has 0 spiro atoms. The first-order chi connectivity index (χ1) is 8.65. The van der Waals surface area contributed by atoms with Crippen molar-refractivity contribution in [2.75, 3.05) is 0 Å². The molecule has 0 atom stereocenters. The Kier molecular flexibility index (Phi) is 4.19. The van der Waals surface area contributed by atoms with Crippen LogP contribution in [-0.4, -0.2) is 5.97 Å². The van der Waals surface area contributed by atoms with E-state index in [0.29, 0.717) is 12.4 Å². The lowest BCUT2D eigenvalue weighted by Crippen LogP contribution is -2.21. The van der Waals surface area contributed by atoms with E-state index in [1.165, 1.54) is 15.7 Å². The predicted octanol–water partition coefficient (Wildman–Crippen LogP) is 2.23. The Morgan fingerprint density at radius 3 is 2.22 bits per heavy atom. The maximum atomic E-state index is 10.6. The van der Waals surface area contributed by atoms with E-state index in [-0.39, 0.29) is 5.56 Å². The molecular weight excluding hydrogens is 343 g/mol. The minimum Gasteiger partial charge on any atom is -0.545 e. The predicted molar refractivity (Wildman–Crippen MR) is 74.3 cm³/mol. The van der Waals surface area contributed by atoms with Crippen LogP contribution < -0.4 is 9.84 Å². The van der Waals surface area contributed by atoms with Crippen LogP contribution >= 0.6 is 22.6 Å². The molecule has 18 heavy (non-hydrogen) atoms. The highest BCUT2D eigenvalue weighted by molar-refractivity contribution is 14.1. The van der Waals surface area contributed by atoms with E-state index in [0.717, 1.165) is 5.56 Å². The van der Waals surface area contributed by atoms with E-state index >= 15 is 0 Å². The maximum absolute atomic E-state index is 10.6. The first-order valence-electron chi connectivity index (χ1n) is 5.34. The molecule has 2 aromatic carbocycles. The Hall–Kier alpha value is -1.56. The van der Waals surface area contributed by atoms with Gasteiger partial charge in [-0.05, 0) is 70.1 Å². The van der Waals surface area contributed by atoms with Crippen molar-refractivity contribution >= 4 is 28.6 Å². The fourth-order valence-corrected chi connectivity index (χ4v) is 1.79. The van der Waals surface area contributed by atoms with Crippen molar-refractivity contribution in [2.45, 2.75) is 6.61 Å². The molecule has 0 saturated carbocycles. The number of aromatic carboxylic acids is 1. The molecule has 0 unspecified atom stereocenters. The number of benzene rings is 2. The minimum atomic E-state index is -1.18. The van der Waals surface area contributed by atoms with Crippen LogP contribution in [0.5, 0.6) is 5.75 Å². The molecule has 0 amide bonds. The topological polar surface area (TPSA) is 49.4 Å². The third-order valence-corrected chi connectivity index (χ3v) is 3.13. The van der Waals surface area contributed by atoms with Crippen molar-refractivity contribution in [3.63, 3.8) is 0 Å². The van der Waals surface area contributed by atoms with Gasteiger partial charge >= 0.3 is 0 Å². The molecule has 0 radical (unpaired) electrons. The number of carbonyl (C=O) groups is 1. The molecule has 3 nitrogen and oxygen atoms in total. The van der Waals surface area contributed by atoms with Gasteiger partial charge in [-0.3, -0.25) is 0 Å². The second-order valence-corrected chi connectivity index (χ2v) is 4.97. The Morgan fingerprint density at radius 1 is 1.06 bits per heavy atom. The maximum Gasteiger partial charge on any atom is 0.119 e. The lowest BCUT2D eigenvalue weighted by atomic mass is 10.2. The van der Waals surface area contributed by atoms with Gasteiger partial charge in [0.25, 0.3) is 0 Å². The number of carbonyl (C=O) groups excluding carboxylic acids is 1. The molecule has 2 rings (SSSR count). The molecule has 0 heterocycles. The Bertz CT molecular complexity index is 532. The highest BCUT2D eigenvalue weighted by Crippen LogP contribution is 2.14. The van der Waals surface area contributed by atoms with Crippen LogP contribution in [0.15, 0.2) is 48.5 Å². The lowest BCUT2D eigenvalue weighted by Gasteiger charge is -2.08. The number of hydrogen-bond donors (Lipinski definition) is 0. The Balaban J connectivity index is 1.97. The number of rotatable bonds is 4. The third kappa shape index (κ3) is 3.46. The van der Waals surface area contributed by atoms with Crippen molar-refractivity contribution in [1.82, 2.24) is 0 Å². The highest BCUT2D eigenvalue weighted by atomic mass is 127. The number of carboxylic acids is 1. The van der Waals surface area contributed by atoms with E-state index in [1.54, 1.807) is 12.1 Å². The monoisotopic (exact) mass is 353 g/mol. The summed E-state index contributed by atoms with van der Waals surface area (Å²) in [5.74, 6) is -0.544. The van der Waals surface area contributed by atoms with Crippen molar-refractivity contribution in [1.29, 1.82) is 0 Å². The second-order valence-electron chi connectivity index (χ2n) is 3.73. The van der Waals surface area contributed by atoms with Crippen LogP contribution in [0, 0.1) is 3.57 Å². The summed E-state index contributed by atoms with van der Waals surface area (Å²) >= 11 is 2.24. The molecular formula is C14H10IO3-. The van der Waals surface area contributed by atoms with Crippen molar-refractivity contribution in [2.24, 2.45) is 0 Å². The Morgan fingerprint density at radius 2 is 1.67 bits per heavy atom. The van der Waals surface area contributed by atoms with Crippen LogP contribution in [0.3, 0.4) is 0 Å². The summed E-state index contributed by atoms with van der Waals surface area (Å²) in [4.78, 5) is 10.6. The van der Waals surface area contributed by atoms with Crippen LogP contribution in [0.4, 0.5) is 0 Å². The van der Waals surface area contributed by atoms with Crippen LogP contribution in [0.25, 0.3) is 0 Å². The van der Waals surface area contributed by atoms with Gasteiger partial charge in [0.1, 0.15) is 12.4 Å². The summed E-state index contributed by atoms with van der Waals surface area (Å²) in [6, 6.07) is 14.2. The summed E-state index contributed by atoms with van der Waals surface area (Å²) in [5, 5.41) is 10.6. The molecule has 0 saturated heterocycles. The average Bonchev–Trinajstić information content (AvgIpc) is 2.38. The molecule has 0 aliphatic rings. The fraction of sp³-hybridized carbons (Fsp3) is 0.0714. The molecule has 0 bridgehead atoms. The molecule has 92 valence electrons. The van der Waals surface area contributed by atoms with E-state index in [4.69, 9.17) is 4.74 Å². The zero-order chi connectivity index (χ0) is 13.0. The van der Waals surface area contributed by atoms with Gasteiger partial charge in [0, 0.05) is 3.57 Å². The Labute approximate surface area is 119 Å². The summed E-state index contributed by atoms with van der Waals surface area (Å²) in [6.07, 6.45) is 0. The van der Waals surface area contributed by atoms with Crippen LogP contribution in [0.2, 0.25) is 0 Å². The zero-order valence-corrected chi connectivity index (χ0v) is 11.6. The van der Waals surface area contributed by atoms with Crippen molar-refractivity contribution in [3.8, 4) is 5.75 Å². The molecule has 4 heteroatoms. The fourth-order valence-electron chi connectivity index (χ4n) is 1.43. The van der Waals surface area contributed by atoms with Crippen molar-refractivity contribution < 1.29 is 14.6 Å². The molecule has 0 aromatic heterocycles. The lowest BCUT2D eigenvalue weighted by molar-refractivity contribution is -0.255. The van der Waals surface area contributed by atoms with Gasteiger partial charge < -0.3 is 14.6 Å². The van der Waals surface area contributed by atoms with Gasteiger partial charge in [-0.25, -0.2) is 0 Å². The van der Waals surface area contributed by atoms with Gasteiger partial charge in [-0.1, -0.05) is 12.1 Å². The minimum absolute atomic E-state index is 0.150. The van der Waals surface area contributed by atoms with Crippen LogP contribution in [-0.2, 0) is 6.61 Å². The zero-order valence-electron chi connectivity index (χ0n) is 9.43. The largest absolute Gasteiger partial charge is 0.545 e. The van der Waals surface area contributed by atoms with E-state index in [9.17, 15) is 9.90 Å². The van der Waals surface area contributed by atoms with Gasteiger partial charge in [-0.15, -0.1) is 0 Å². The summed E-state index contributed by atoms with van der Waals surface area (Å²) in [7, 11) is 0. The van der Waals surface area contributed by atoms with Crippen LogP contribution in [0.1, 0.15) is 15.9 Å². The number of ether oxygens (including phenoxy) is 1. The SMILES string of the molecule is O=C([O-])c1ccc(OCc2ccc(I)cc2)cc1.